The minimum Gasteiger partial charge on any atom is -0.550 e. The van der Waals surface area contributed by atoms with Crippen molar-refractivity contribution in [1.82, 2.24) is 0 Å². The molecule has 2 unspecified atom stereocenters. The Morgan fingerprint density at radius 2 is 1.89 bits per heavy atom. The smallest absolute Gasteiger partial charge is 0.550 e. The molecule has 0 saturated carbocycles. The maximum absolute atomic E-state index is 10.9. The maximum Gasteiger partial charge on any atom is 1.00 e. The van der Waals surface area contributed by atoms with Gasteiger partial charge in [-0.15, -0.1) is 0 Å². The molecule has 2 atom stereocenters. The first-order valence-electron chi connectivity index (χ1n) is 5.60. The summed E-state index contributed by atoms with van der Waals surface area (Å²) in [7, 11) is -3.05. The molecular weight excluding hydrogens is 303 g/mol. The van der Waals surface area contributed by atoms with Crippen LogP contribution in [-0.4, -0.2) is 49.0 Å². The van der Waals surface area contributed by atoms with Crippen molar-refractivity contribution in [3.8, 4) is 0 Å². The summed E-state index contributed by atoms with van der Waals surface area (Å²) in [6, 6.07) is 0. The van der Waals surface area contributed by atoms with Crippen LogP contribution in [0.25, 0.3) is 0 Å². The summed E-state index contributed by atoms with van der Waals surface area (Å²) in [5, 5.41) is 28.0. The predicted octanol–water partition coefficient (Wildman–Crippen LogP) is -4.05. The molecule has 0 fully saturated rings. The van der Waals surface area contributed by atoms with Crippen molar-refractivity contribution in [2.45, 2.75) is 44.3 Å². The van der Waals surface area contributed by atoms with E-state index >= 15 is 0 Å². The van der Waals surface area contributed by atoms with E-state index in [-0.39, 0.29) is 70.0 Å². The Balaban J connectivity index is 0. The van der Waals surface area contributed by atoms with Crippen LogP contribution in [0, 0.1) is 0 Å². The van der Waals surface area contributed by atoms with Gasteiger partial charge in [-0.05, 0) is 25.7 Å². The van der Waals surface area contributed by atoms with Crippen LogP contribution in [0.2, 0.25) is 0 Å². The fourth-order valence-corrected chi connectivity index (χ4v) is 2.19. The molecule has 0 saturated heterocycles. The second-order valence-electron chi connectivity index (χ2n) is 4.31. The second kappa shape index (κ2) is 11.6. The number of rotatable bonds is 10. The van der Waals surface area contributed by atoms with Crippen LogP contribution in [0.4, 0.5) is 0 Å². The van der Waals surface area contributed by atoms with Crippen molar-refractivity contribution in [2.75, 3.05) is 12.0 Å². The Hall–Kier alpha value is 0.936. The average Bonchev–Trinajstić information content (AvgIpc) is 2.20. The molecule has 0 heterocycles. The average molecular weight is 322 g/mol. The number of aliphatic carboxylic acids is 1. The number of sulfone groups is 1. The van der Waals surface area contributed by atoms with E-state index in [0.29, 0.717) is 12.8 Å². The SMILES string of the molecule is CS(=O)(=O)CCCC(CCC(O)CC(=O)[O-])OO.[K+]. The van der Waals surface area contributed by atoms with E-state index in [9.17, 15) is 23.4 Å². The van der Waals surface area contributed by atoms with Gasteiger partial charge in [-0.2, -0.15) is 0 Å². The van der Waals surface area contributed by atoms with Gasteiger partial charge in [-0.1, -0.05) is 0 Å². The molecule has 0 bridgehead atoms. The number of aliphatic hydroxyl groups excluding tert-OH is 1. The van der Waals surface area contributed by atoms with Crippen molar-refractivity contribution in [3.05, 3.63) is 0 Å². The topological polar surface area (TPSA) is 124 Å². The second-order valence-corrected chi connectivity index (χ2v) is 6.57. The zero-order chi connectivity index (χ0) is 14.2. The summed E-state index contributed by atoms with van der Waals surface area (Å²) in [5.74, 6) is -1.35. The van der Waals surface area contributed by atoms with E-state index in [1.54, 1.807) is 0 Å². The number of hydrogen-bond donors (Lipinski definition) is 2. The van der Waals surface area contributed by atoms with Gasteiger partial charge in [0.15, 0.2) is 0 Å². The molecule has 2 N–H and O–H groups in total. The van der Waals surface area contributed by atoms with E-state index in [4.69, 9.17) is 5.26 Å². The number of carbonyl (C=O) groups excluding carboxylic acids is 1. The molecule has 0 rings (SSSR count). The molecule has 0 aromatic carbocycles. The van der Waals surface area contributed by atoms with Crippen LogP contribution in [0.5, 0.6) is 0 Å². The molecule has 0 aliphatic rings. The zero-order valence-corrected chi connectivity index (χ0v) is 15.2. The monoisotopic (exact) mass is 322 g/mol. The van der Waals surface area contributed by atoms with Gasteiger partial charge in [0.2, 0.25) is 0 Å². The molecule has 0 aromatic rings. The minimum absolute atomic E-state index is 0. The van der Waals surface area contributed by atoms with Crippen LogP contribution in [-0.2, 0) is 19.5 Å². The molecular formula is C10H19KO7S. The van der Waals surface area contributed by atoms with Gasteiger partial charge in [0, 0.05) is 24.4 Å². The van der Waals surface area contributed by atoms with Gasteiger partial charge in [0.05, 0.1) is 12.2 Å². The van der Waals surface area contributed by atoms with Gasteiger partial charge in [-0.25, -0.2) is 13.3 Å². The number of carboxylic acid groups (broad SMARTS) is 1. The van der Waals surface area contributed by atoms with Crippen LogP contribution in [0.15, 0.2) is 0 Å². The normalized spacial score (nSPS) is 14.5. The Kier molecular flexibility index (Phi) is 13.5. The standard InChI is InChI=1S/C10H20O7S.K/c1-18(15,16)6-2-3-9(17-14)5-4-8(11)7-10(12)13;/h8-9,11,14H,2-7H2,1H3,(H,12,13);/q;+1/p-1. The third kappa shape index (κ3) is 15.1. The summed E-state index contributed by atoms with van der Waals surface area (Å²) in [6.45, 7) is 0. The predicted molar refractivity (Wildman–Crippen MR) is 61.3 cm³/mol. The molecule has 7 nitrogen and oxygen atoms in total. The maximum atomic E-state index is 10.9. The summed E-state index contributed by atoms with van der Waals surface area (Å²) >= 11 is 0. The Morgan fingerprint density at radius 3 is 2.32 bits per heavy atom. The van der Waals surface area contributed by atoms with E-state index < -0.39 is 34.4 Å². The molecule has 108 valence electrons. The molecule has 0 spiro atoms. The third-order valence-electron chi connectivity index (χ3n) is 2.41. The fourth-order valence-electron chi connectivity index (χ4n) is 1.50. The van der Waals surface area contributed by atoms with Crippen LogP contribution in [0.3, 0.4) is 0 Å². The number of aliphatic hydroxyl groups is 1. The molecule has 0 aromatic heterocycles. The molecule has 9 heteroatoms. The quantitative estimate of drug-likeness (QED) is 0.238. The van der Waals surface area contributed by atoms with Crippen LogP contribution >= 0.6 is 0 Å². The van der Waals surface area contributed by atoms with Gasteiger partial charge in [0.1, 0.15) is 9.84 Å². The molecule has 0 aliphatic heterocycles. The first kappa shape index (κ1) is 22.2. The Bertz CT molecular complexity index is 344. The summed E-state index contributed by atoms with van der Waals surface area (Å²) in [5.41, 5.74) is 0. The van der Waals surface area contributed by atoms with E-state index in [1.165, 1.54) is 0 Å². The molecule has 0 radical (unpaired) electrons. The zero-order valence-electron chi connectivity index (χ0n) is 11.2. The van der Waals surface area contributed by atoms with Crippen molar-refractivity contribution < 1.29 is 85.0 Å². The van der Waals surface area contributed by atoms with E-state index in [0.717, 1.165) is 6.26 Å². The van der Waals surface area contributed by atoms with Crippen molar-refractivity contribution in [2.24, 2.45) is 0 Å². The summed E-state index contributed by atoms with van der Waals surface area (Å²) < 4.78 is 21.7. The summed E-state index contributed by atoms with van der Waals surface area (Å²) in [4.78, 5) is 14.3. The first-order chi connectivity index (χ1) is 8.24. The van der Waals surface area contributed by atoms with Crippen molar-refractivity contribution in [1.29, 1.82) is 0 Å². The van der Waals surface area contributed by atoms with Gasteiger partial charge in [-0.3, -0.25) is 5.26 Å². The van der Waals surface area contributed by atoms with Gasteiger partial charge < -0.3 is 15.0 Å². The largest absolute Gasteiger partial charge is 1.00 e. The van der Waals surface area contributed by atoms with Crippen molar-refractivity contribution in [3.63, 3.8) is 0 Å². The molecule has 0 amide bonds. The molecule has 0 aliphatic carbocycles. The summed E-state index contributed by atoms with van der Waals surface area (Å²) in [6.07, 6.45) is 0.0211. The Labute approximate surface area is 155 Å². The van der Waals surface area contributed by atoms with Crippen LogP contribution in [0.1, 0.15) is 32.1 Å². The van der Waals surface area contributed by atoms with Crippen LogP contribution < -0.4 is 56.5 Å². The number of hydrogen-bond acceptors (Lipinski definition) is 7. The molecule has 19 heavy (non-hydrogen) atoms. The fraction of sp³-hybridized carbons (Fsp3) is 0.900. The van der Waals surface area contributed by atoms with Gasteiger partial charge in [0.25, 0.3) is 0 Å². The number of carboxylic acids is 1. The Morgan fingerprint density at radius 1 is 1.32 bits per heavy atom. The first-order valence-corrected chi connectivity index (χ1v) is 7.66. The third-order valence-corrected chi connectivity index (χ3v) is 3.44. The van der Waals surface area contributed by atoms with Crippen molar-refractivity contribution >= 4 is 15.8 Å². The van der Waals surface area contributed by atoms with Gasteiger partial charge >= 0.3 is 51.4 Å². The van der Waals surface area contributed by atoms with E-state index in [2.05, 4.69) is 4.89 Å². The minimum atomic E-state index is -3.05. The number of carbonyl (C=O) groups is 1. The van der Waals surface area contributed by atoms with E-state index in [1.807, 2.05) is 0 Å².